The minimum absolute atomic E-state index is 0.0555. The maximum Gasteiger partial charge on any atom is 0.321 e. The van der Waals surface area contributed by atoms with E-state index in [2.05, 4.69) is 0 Å². The van der Waals surface area contributed by atoms with Gasteiger partial charge in [-0.05, 0) is 11.1 Å². The fourth-order valence-corrected chi connectivity index (χ4v) is 3.06. The Labute approximate surface area is 136 Å². The quantitative estimate of drug-likeness (QED) is 0.854. The molecule has 0 bridgehead atoms. The summed E-state index contributed by atoms with van der Waals surface area (Å²) >= 11 is 0. The summed E-state index contributed by atoms with van der Waals surface area (Å²) in [6, 6.07) is 19.5. The van der Waals surface area contributed by atoms with Crippen LogP contribution in [-0.2, 0) is 22.7 Å². The second-order valence-electron chi connectivity index (χ2n) is 5.96. The summed E-state index contributed by atoms with van der Waals surface area (Å²) in [5, 5.41) is 9.47. The lowest BCUT2D eigenvalue weighted by Crippen LogP contribution is -2.60. The fourth-order valence-electron chi connectivity index (χ4n) is 3.06. The molecule has 0 amide bonds. The van der Waals surface area contributed by atoms with Crippen molar-refractivity contribution in [1.82, 2.24) is 4.90 Å². The summed E-state index contributed by atoms with van der Waals surface area (Å²) < 4.78 is 5.71. The standard InChI is InChI=1S/C19H21NO3/c21-19(22)18-17(14-23-13-16-9-5-2-6-10-16)12-20(18)11-15-7-3-1-4-8-15/h1-10,17-18H,11-14H2,(H,21,22)/t17-,18+/m0/s1. The minimum atomic E-state index is -0.763. The van der Waals surface area contributed by atoms with Crippen LogP contribution in [0.3, 0.4) is 0 Å². The van der Waals surface area contributed by atoms with Gasteiger partial charge in [-0.25, -0.2) is 0 Å². The molecule has 1 aliphatic heterocycles. The molecule has 1 heterocycles. The molecule has 1 aliphatic rings. The third kappa shape index (κ3) is 3.97. The van der Waals surface area contributed by atoms with E-state index < -0.39 is 12.0 Å². The second-order valence-corrected chi connectivity index (χ2v) is 5.96. The number of hydrogen-bond acceptors (Lipinski definition) is 3. The van der Waals surface area contributed by atoms with Gasteiger partial charge in [0.1, 0.15) is 6.04 Å². The number of carboxylic acids is 1. The molecule has 3 rings (SSSR count). The first-order chi connectivity index (χ1) is 11.2. The monoisotopic (exact) mass is 311 g/mol. The van der Waals surface area contributed by atoms with Crippen LogP contribution < -0.4 is 0 Å². The van der Waals surface area contributed by atoms with Crippen LogP contribution in [0.15, 0.2) is 60.7 Å². The molecule has 2 atom stereocenters. The van der Waals surface area contributed by atoms with E-state index in [9.17, 15) is 9.90 Å². The van der Waals surface area contributed by atoms with Crippen LogP contribution in [0.5, 0.6) is 0 Å². The lowest BCUT2D eigenvalue weighted by molar-refractivity contribution is -0.157. The average molecular weight is 311 g/mol. The van der Waals surface area contributed by atoms with Crippen LogP contribution >= 0.6 is 0 Å². The van der Waals surface area contributed by atoms with Gasteiger partial charge in [-0.1, -0.05) is 60.7 Å². The smallest absolute Gasteiger partial charge is 0.321 e. The van der Waals surface area contributed by atoms with E-state index in [-0.39, 0.29) is 5.92 Å². The molecule has 0 spiro atoms. The zero-order valence-electron chi connectivity index (χ0n) is 13.0. The number of rotatable bonds is 7. The van der Waals surface area contributed by atoms with Crippen molar-refractivity contribution in [2.75, 3.05) is 13.2 Å². The van der Waals surface area contributed by atoms with Gasteiger partial charge < -0.3 is 9.84 Å². The van der Waals surface area contributed by atoms with Gasteiger partial charge in [0.05, 0.1) is 13.2 Å². The molecule has 0 unspecified atom stereocenters. The summed E-state index contributed by atoms with van der Waals surface area (Å²) in [6.07, 6.45) is 0. The second kappa shape index (κ2) is 7.40. The molecule has 2 aromatic rings. The topological polar surface area (TPSA) is 49.8 Å². The molecule has 1 saturated heterocycles. The predicted octanol–water partition coefficient (Wildman–Crippen LogP) is 2.79. The average Bonchev–Trinajstić information content (AvgIpc) is 2.54. The van der Waals surface area contributed by atoms with Crippen molar-refractivity contribution in [3.63, 3.8) is 0 Å². The minimum Gasteiger partial charge on any atom is -0.480 e. The molecule has 0 radical (unpaired) electrons. The Kier molecular flexibility index (Phi) is 5.05. The number of carboxylic acid groups (broad SMARTS) is 1. The molecule has 1 N–H and O–H groups in total. The van der Waals surface area contributed by atoms with E-state index in [1.54, 1.807) is 0 Å². The van der Waals surface area contributed by atoms with E-state index in [1.165, 1.54) is 0 Å². The van der Waals surface area contributed by atoms with Gasteiger partial charge in [0, 0.05) is 19.0 Å². The molecule has 120 valence electrons. The Bertz CT molecular complexity index is 628. The number of hydrogen-bond donors (Lipinski definition) is 1. The number of aliphatic carboxylic acids is 1. The molecule has 23 heavy (non-hydrogen) atoms. The van der Waals surface area contributed by atoms with Gasteiger partial charge in [-0.15, -0.1) is 0 Å². The zero-order chi connectivity index (χ0) is 16.1. The van der Waals surface area contributed by atoms with Crippen LogP contribution in [-0.4, -0.2) is 35.2 Å². The lowest BCUT2D eigenvalue weighted by atomic mass is 9.88. The van der Waals surface area contributed by atoms with Gasteiger partial charge in [0.25, 0.3) is 0 Å². The van der Waals surface area contributed by atoms with E-state index in [0.717, 1.165) is 17.7 Å². The summed E-state index contributed by atoms with van der Waals surface area (Å²) in [5.74, 6) is -0.708. The highest BCUT2D eigenvalue weighted by molar-refractivity contribution is 5.75. The van der Waals surface area contributed by atoms with Crippen molar-refractivity contribution in [3.8, 4) is 0 Å². The number of benzene rings is 2. The van der Waals surface area contributed by atoms with Gasteiger partial charge >= 0.3 is 5.97 Å². The Hall–Kier alpha value is -2.17. The molecule has 0 aliphatic carbocycles. The van der Waals surface area contributed by atoms with Crippen LogP contribution in [0.1, 0.15) is 11.1 Å². The maximum absolute atomic E-state index is 11.5. The molecular formula is C19H21NO3. The van der Waals surface area contributed by atoms with Crippen molar-refractivity contribution >= 4 is 5.97 Å². The number of carbonyl (C=O) groups is 1. The van der Waals surface area contributed by atoms with Crippen molar-refractivity contribution in [3.05, 3.63) is 71.8 Å². The normalized spacial score (nSPS) is 20.9. The lowest BCUT2D eigenvalue weighted by Gasteiger charge is -2.45. The highest BCUT2D eigenvalue weighted by atomic mass is 16.5. The van der Waals surface area contributed by atoms with Crippen molar-refractivity contribution < 1.29 is 14.6 Å². The van der Waals surface area contributed by atoms with E-state index in [0.29, 0.717) is 19.8 Å². The maximum atomic E-state index is 11.5. The highest BCUT2D eigenvalue weighted by Gasteiger charge is 2.43. The summed E-state index contributed by atoms with van der Waals surface area (Å²) in [4.78, 5) is 13.5. The number of ether oxygens (including phenoxy) is 1. The number of nitrogens with zero attached hydrogens (tertiary/aromatic N) is 1. The van der Waals surface area contributed by atoms with Crippen LogP contribution in [0.2, 0.25) is 0 Å². The van der Waals surface area contributed by atoms with Crippen molar-refractivity contribution in [1.29, 1.82) is 0 Å². The third-order valence-corrected chi connectivity index (χ3v) is 4.23. The van der Waals surface area contributed by atoms with Crippen LogP contribution in [0, 0.1) is 5.92 Å². The zero-order valence-corrected chi connectivity index (χ0v) is 13.0. The molecule has 4 nitrogen and oxygen atoms in total. The van der Waals surface area contributed by atoms with Gasteiger partial charge in [-0.3, -0.25) is 9.69 Å². The Morgan fingerprint density at radius 2 is 1.65 bits per heavy atom. The summed E-state index contributed by atoms with van der Waals surface area (Å²) in [5.41, 5.74) is 2.25. The molecule has 1 fully saturated rings. The van der Waals surface area contributed by atoms with Crippen LogP contribution in [0.4, 0.5) is 0 Å². The number of likely N-dealkylation sites (tertiary alicyclic amines) is 1. The summed E-state index contributed by atoms with van der Waals surface area (Å²) in [7, 11) is 0. The Morgan fingerprint density at radius 1 is 1.04 bits per heavy atom. The largest absolute Gasteiger partial charge is 0.480 e. The Balaban J connectivity index is 1.50. The first kappa shape index (κ1) is 15.7. The first-order valence-corrected chi connectivity index (χ1v) is 7.86. The molecule has 0 saturated carbocycles. The molecule has 4 heteroatoms. The molecular weight excluding hydrogens is 290 g/mol. The Morgan fingerprint density at radius 3 is 2.26 bits per heavy atom. The van der Waals surface area contributed by atoms with Crippen molar-refractivity contribution in [2.24, 2.45) is 5.92 Å². The third-order valence-electron chi connectivity index (χ3n) is 4.23. The van der Waals surface area contributed by atoms with Crippen LogP contribution in [0.25, 0.3) is 0 Å². The van der Waals surface area contributed by atoms with E-state index in [4.69, 9.17) is 4.74 Å². The molecule has 0 aromatic heterocycles. The van der Waals surface area contributed by atoms with E-state index in [1.807, 2.05) is 65.6 Å². The van der Waals surface area contributed by atoms with Gasteiger partial charge in [-0.2, -0.15) is 0 Å². The molecule has 2 aromatic carbocycles. The summed E-state index contributed by atoms with van der Waals surface area (Å²) in [6.45, 7) is 2.45. The first-order valence-electron chi connectivity index (χ1n) is 7.86. The van der Waals surface area contributed by atoms with E-state index >= 15 is 0 Å². The highest BCUT2D eigenvalue weighted by Crippen LogP contribution is 2.27. The van der Waals surface area contributed by atoms with Crippen molar-refractivity contribution in [2.45, 2.75) is 19.2 Å². The SMILES string of the molecule is O=C(O)[C@H]1[C@H](COCc2ccccc2)CN1Cc1ccccc1. The fraction of sp³-hybridized carbons (Fsp3) is 0.316. The van der Waals surface area contributed by atoms with Gasteiger partial charge in [0.15, 0.2) is 0 Å². The predicted molar refractivity (Wildman–Crippen MR) is 87.9 cm³/mol. The van der Waals surface area contributed by atoms with Gasteiger partial charge in [0.2, 0.25) is 0 Å².